The van der Waals surface area contributed by atoms with Gasteiger partial charge in [0, 0.05) is 26.2 Å². The summed E-state index contributed by atoms with van der Waals surface area (Å²) in [6, 6.07) is 7.24. The smallest absolute Gasteiger partial charge is 0.318 e. The Morgan fingerprint density at radius 2 is 2.00 bits per heavy atom. The van der Waals surface area contributed by atoms with Crippen LogP contribution in [0.5, 0.6) is 0 Å². The lowest BCUT2D eigenvalue weighted by atomic mass is 9.81. The second kappa shape index (κ2) is 7.11. The van der Waals surface area contributed by atoms with E-state index in [2.05, 4.69) is 5.32 Å². The number of rotatable bonds is 4. The zero-order valence-corrected chi connectivity index (χ0v) is 16.2. The molecule has 3 aliphatic rings. The van der Waals surface area contributed by atoms with Gasteiger partial charge in [-0.25, -0.2) is 4.79 Å². The number of carbonyl (C=O) groups is 3. The lowest BCUT2D eigenvalue weighted by Gasteiger charge is -2.24. The van der Waals surface area contributed by atoms with Crippen molar-refractivity contribution in [1.82, 2.24) is 15.1 Å². The number of urea groups is 1. The van der Waals surface area contributed by atoms with Gasteiger partial charge >= 0.3 is 12.0 Å². The second-order valence-electron chi connectivity index (χ2n) is 8.47. The molecule has 7 heteroatoms. The number of carbonyl (C=O) groups excluding carboxylic acids is 2. The number of carboxylic acid groups (broad SMARTS) is 1. The van der Waals surface area contributed by atoms with E-state index in [0.717, 1.165) is 18.4 Å². The molecule has 2 aliphatic heterocycles. The maximum absolute atomic E-state index is 12.7. The number of amides is 3. The molecule has 0 aromatic heterocycles. The zero-order valence-electron chi connectivity index (χ0n) is 16.2. The highest BCUT2D eigenvalue weighted by Gasteiger charge is 2.56. The van der Waals surface area contributed by atoms with Crippen LogP contribution >= 0.6 is 0 Å². The summed E-state index contributed by atoms with van der Waals surface area (Å²) in [5.41, 5.74) is 1.45. The summed E-state index contributed by atoms with van der Waals surface area (Å²) < 4.78 is 0. The van der Waals surface area contributed by atoms with Crippen LogP contribution in [0.25, 0.3) is 0 Å². The molecule has 0 bridgehead atoms. The summed E-state index contributed by atoms with van der Waals surface area (Å²) >= 11 is 0. The van der Waals surface area contributed by atoms with Crippen molar-refractivity contribution < 1.29 is 19.5 Å². The number of hydrogen-bond donors (Lipinski definition) is 2. The Labute approximate surface area is 164 Å². The molecule has 4 rings (SSSR count). The summed E-state index contributed by atoms with van der Waals surface area (Å²) in [4.78, 5) is 40.5. The predicted octanol–water partition coefficient (Wildman–Crippen LogP) is 1.99. The monoisotopic (exact) mass is 385 g/mol. The van der Waals surface area contributed by atoms with Crippen molar-refractivity contribution in [2.45, 2.75) is 45.2 Å². The number of nitrogens with one attached hydrogen (secondary N) is 1. The molecule has 7 nitrogen and oxygen atoms in total. The molecule has 3 atom stereocenters. The van der Waals surface area contributed by atoms with E-state index in [1.54, 1.807) is 9.80 Å². The fourth-order valence-corrected chi connectivity index (χ4v) is 4.98. The van der Waals surface area contributed by atoms with Crippen molar-refractivity contribution >= 4 is 17.9 Å². The summed E-state index contributed by atoms with van der Waals surface area (Å²) in [7, 11) is 0. The van der Waals surface area contributed by atoms with Gasteiger partial charge in [0.1, 0.15) is 6.04 Å². The van der Waals surface area contributed by atoms with Crippen LogP contribution < -0.4 is 5.32 Å². The molecule has 1 aromatic carbocycles. The summed E-state index contributed by atoms with van der Waals surface area (Å²) in [6.45, 7) is 3.88. The zero-order chi connectivity index (χ0) is 19.9. The molecule has 1 saturated carbocycles. The van der Waals surface area contributed by atoms with E-state index in [1.807, 2.05) is 31.2 Å². The van der Waals surface area contributed by atoms with E-state index in [0.29, 0.717) is 32.5 Å². The number of likely N-dealkylation sites (tertiary alicyclic amines) is 2. The number of benzene rings is 1. The highest BCUT2D eigenvalue weighted by molar-refractivity contribution is 5.89. The maximum Gasteiger partial charge on any atom is 0.318 e. The predicted molar refractivity (Wildman–Crippen MR) is 103 cm³/mol. The Hall–Kier alpha value is -2.57. The van der Waals surface area contributed by atoms with Crippen LogP contribution in [0, 0.1) is 18.3 Å². The molecule has 0 radical (unpaired) electrons. The first-order valence-corrected chi connectivity index (χ1v) is 10.0. The van der Waals surface area contributed by atoms with Gasteiger partial charge in [-0.15, -0.1) is 0 Å². The van der Waals surface area contributed by atoms with E-state index in [4.69, 9.17) is 0 Å². The van der Waals surface area contributed by atoms with Crippen molar-refractivity contribution in [2.24, 2.45) is 11.3 Å². The molecule has 1 aliphatic carbocycles. The third kappa shape index (κ3) is 3.23. The van der Waals surface area contributed by atoms with Gasteiger partial charge in [-0.1, -0.05) is 36.2 Å². The first-order valence-electron chi connectivity index (χ1n) is 10.0. The lowest BCUT2D eigenvalue weighted by Crippen LogP contribution is -2.48. The lowest BCUT2D eigenvalue weighted by molar-refractivity contribution is -0.149. The van der Waals surface area contributed by atoms with Crippen LogP contribution in [0.4, 0.5) is 4.79 Å². The van der Waals surface area contributed by atoms with Crippen LogP contribution in [0.15, 0.2) is 24.3 Å². The molecule has 3 fully saturated rings. The van der Waals surface area contributed by atoms with E-state index < -0.39 is 17.4 Å². The summed E-state index contributed by atoms with van der Waals surface area (Å²) in [6.07, 6.45) is 2.96. The molecular formula is C21H27N3O4. The number of aryl methyl sites for hydroxylation is 1. The van der Waals surface area contributed by atoms with Gasteiger partial charge in [0.05, 0.1) is 5.41 Å². The number of aliphatic carboxylic acids is 1. The van der Waals surface area contributed by atoms with Crippen LogP contribution in [-0.2, 0) is 16.1 Å². The van der Waals surface area contributed by atoms with Crippen molar-refractivity contribution in [3.05, 3.63) is 35.4 Å². The highest BCUT2D eigenvalue weighted by atomic mass is 16.4. The summed E-state index contributed by atoms with van der Waals surface area (Å²) in [5.74, 6) is -0.846. The average Bonchev–Trinajstić information content (AvgIpc) is 3.32. The van der Waals surface area contributed by atoms with E-state index >= 15 is 0 Å². The molecule has 150 valence electrons. The minimum Gasteiger partial charge on any atom is -0.481 e. The molecule has 1 aromatic rings. The van der Waals surface area contributed by atoms with Crippen LogP contribution in [0.3, 0.4) is 0 Å². The Morgan fingerprint density at radius 1 is 1.25 bits per heavy atom. The number of fused-ring (bicyclic) bond motifs is 1. The van der Waals surface area contributed by atoms with Crippen molar-refractivity contribution in [3.63, 3.8) is 0 Å². The molecule has 1 unspecified atom stereocenters. The standard InChI is InChI=1S/C21H27N3O4/c1-14-4-6-15(7-5-14)11-23-10-8-17(18(23)25)22-20(28)24-12-16-3-2-9-21(16,13-24)19(26)27/h4-7,16-17H,2-3,8-13H2,1H3,(H,22,28)(H,26,27)/t16-,17?,21+/m0/s1. The molecule has 2 saturated heterocycles. The maximum atomic E-state index is 12.7. The minimum absolute atomic E-state index is 0.0214. The molecule has 3 amide bonds. The average molecular weight is 385 g/mol. The van der Waals surface area contributed by atoms with Gasteiger partial charge in [-0.2, -0.15) is 0 Å². The van der Waals surface area contributed by atoms with Gasteiger partial charge in [-0.05, 0) is 37.7 Å². The van der Waals surface area contributed by atoms with E-state index in [9.17, 15) is 19.5 Å². The first kappa shape index (κ1) is 18.8. The molecule has 28 heavy (non-hydrogen) atoms. The van der Waals surface area contributed by atoms with Crippen molar-refractivity contribution in [3.8, 4) is 0 Å². The molecule has 2 N–H and O–H groups in total. The van der Waals surface area contributed by atoms with Crippen molar-refractivity contribution in [1.29, 1.82) is 0 Å². The largest absolute Gasteiger partial charge is 0.481 e. The van der Waals surface area contributed by atoms with Crippen LogP contribution in [-0.4, -0.2) is 58.5 Å². The molecular weight excluding hydrogens is 358 g/mol. The number of nitrogens with zero attached hydrogens (tertiary/aromatic N) is 2. The van der Waals surface area contributed by atoms with Gasteiger partial charge in [-0.3, -0.25) is 9.59 Å². The van der Waals surface area contributed by atoms with Crippen molar-refractivity contribution in [2.75, 3.05) is 19.6 Å². The Bertz CT molecular complexity index is 793. The molecule has 0 spiro atoms. The second-order valence-corrected chi connectivity index (χ2v) is 8.47. The van der Waals surface area contributed by atoms with Crippen LogP contribution in [0.2, 0.25) is 0 Å². The van der Waals surface area contributed by atoms with Gasteiger partial charge in [0.2, 0.25) is 5.91 Å². The fourth-order valence-electron chi connectivity index (χ4n) is 4.98. The van der Waals surface area contributed by atoms with Gasteiger partial charge in [0.25, 0.3) is 0 Å². The normalized spacial score (nSPS) is 29.2. The number of hydrogen-bond acceptors (Lipinski definition) is 3. The van der Waals surface area contributed by atoms with Gasteiger partial charge < -0.3 is 20.2 Å². The van der Waals surface area contributed by atoms with Crippen LogP contribution in [0.1, 0.15) is 36.8 Å². The minimum atomic E-state index is -0.800. The van der Waals surface area contributed by atoms with E-state index in [-0.39, 0.29) is 24.4 Å². The number of carboxylic acids is 1. The topological polar surface area (TPSA) is 90.0 Å². The third-order valence-corrected chi connectivity index (χ3v) is 6.67. The first-order chi connectivity index (χ1) is 13.4. The quantitative estimate of drug-likeness (QED) is 0.829. The van der Waals surface area contributed by atoms with E-state index in [1.165, 1.54) is 5.56 Å². The fraction of sp³-hybridized carbons (Fsp3) is 0.571. The van der Waals surface area contributed by atoms with Gasteiger partial charge in [0.15, 0.2) is 0 Å². The Balaban J connectivity index is 1.35. The Morgan fingerprint density at radius 3 is 2.68 bits per heavy atom. The highest BCUT2D eigenvalue weighted by Crippen LogP contribution is 2.48. The molecule has 2 heterocycles. The third-order valence-electron chi connectivity index (χ3n) is 6.67. The summed E-state index contributed by atoms with van der Waals surface area (Å²) in [5, 5.41) is 12.5. The SMILES string of the molecule is Cc1ccc(CN2CCC(NC(=O)N3C[C@@H]4CCC[C@@]4(C(=O)O)C3)C2=O)cc1. The Kier molecular flexibility index (Phi) is 4.77.